The quantitative estimate of drug-likeness (QED) is 0.392. The van der Waals surface area contributed by atoms with E-state index in [4.69, 9.17) is 4.74 Å². The molecule has 7 nitrogen and oxygen atoms in total. The van der Waals surface area contributed by atoms with Crippen LogP contribution in [0.15, 0.2) is 83.0 Å². The largest absolute Gasteiger partial charge is 0.507 e. The lowest BCUT2D eigenvalue weighted by molar-refractivity contribution is -0.123. The van der Waals surface area contributed by atoms with Crippen molar-refractivity contribution in [3.05, 3.63) is 88.5 Å². The van der Waals surface area contributed by atoms with Crippen LogP contribution in [0, 0.1) is 17.8 Å². The van der Waals surface area contributed by atoms with Crippen LogP contribution >= 0.6 is 0 Å². The lowest BCUT2D eigenvalue weighted by Gasteiger charge is -2.42. The second-order valence-corrected chi connectivity index (χ2v) is 10.0. The number of benzene rings is 2. The summed E-state index contributed by atoms with van der Waals surface area (Å²) in [6.07, 6.45) is 3.83. The monoisotopic (exact) mass is 495 g/mol. The topological polar surface area (TPSA) is 101 Å². The van der Waals surface area contributed by atoms with Gasteiger partial charge in [-0.15, -0.1) is 0 Å². The lowest BCUT2D eigenvalue weighted by Crippen LogP contribution is -2.39. The number of methoxy groups -OCH3 is 1. The normalized spacial score (nSPS) is 26.9. The van der Waals surface area contributed by atoms with E-state index < -0.39 is 23.7 Å². The molecule has 2 amide bonds. The Labute approximate surface area is 213 Å². The Bertz CT molecular complexity index is 1480. The molecule has 2 aromatic rings. The predicted molar refractivity (Wildman–Crippen MR) is 135 cm³/mol. The Morgan fingerprint density at radius 2 is 1.73 bits per heavy atom. The third-order valence-corrected chi connectivity index (χ3v) is 8.13. The van der Waals surface area contributed by atoms with Crippen LogP contribution in [0.5, 0.6) is 11.5 Å². The first kappa shape index (κ1) is 23.2. The summed E-state index contributed by atoms with van der Waals surface area (Å²) in [6.45, 7) is 1.61. The van der Waals surface area contributed by atoms with Gasteiger partial charge in [-0.1, -0.05) is 35.9 Å². The van der Waals surface area contributed by atoms with Gasteiger partial charge in [0.2, 0.25) is 11.8 Å². The number of imide groups is 1. The minimum absolute atomic E-state index is 0.0638. The molecule has 37 heavy (non-hydrogen) atoms. The number of carbonyl (C=O) groups excluding carboxylic acids is 4. The molecular weight excluding hydrogens is 470 g/mol. The molecule has 4 atom stereocenters. The van der Waals surface area contributed by atoms with Crippen molar-refractivity contribution < 1.29 is 29.0 Å². The minimum atomic E-state index is -0.699. The van der Waals surface area contributed by atoms with Crippen LogP contribution in [0.25, 0.3) is 0 Å². The summed E-state index contributed by atoms with van der Waals surface area (Å²) in [6, 6.07) is 13.7. The number of para-hydroxylation sites is 1. The van der Waals surface area contributed by atoms with Crippen LogP contribution in [0.1, 0.15) is 31.2 Å². The Morgan fingerprint density at radius 1 is 0.973 bits per heavy atom. The van der Waals surface area contributed by atoms with Crippen molar-refractivity contribution in [1.29, 1.82) is 0 Å². The number of Topliss-reactive ketones (excluding diaryl/α,β-unsaturated/α-hetero) is 1. The number of hydrogen-bond donors (Lipinski definition) is 1. The molecule has 0 bridgehead atoms. The van der Waals surface area contributed by atoms with E-state index in [0.717, 1.165) is 5.57 Å². The fraction of sp³-hybridized carbons (Fsp3) is 0.267. The van der Waals surface area contributed by atoms with Gasteiger partial charge in [0.25, 0.3) is 0 Å². The average molecular weight is 496 g/mol. The number of ketones is 2. The lowest BCUT2D eigenvalue weighted by atomic mass is 9.59. The number of nitrogens with zero attached hydrogens (tertiary/aromatic N) is 1. The van der Waals surface area contributed by atoms with E-state index >= 15 is 0 Å². The van der Waals surface area contributed by atoms with Crippen molar-refractivity contribution >= 4 is 29.1 Å². The van der Waals surface area contributed by atoms with Crippen LogP contribution in [0.4, 0.5) is 5.69 Å². The molecule has 2 aromatic carbocycles. The summed E-state index contributed by atoms with van der Waals surface area (Å²) in [7, 11) is 1.49. The number of anilines is 1. The number of rotatable bonds is 3. The van der Waals surface area contributed by atoms with E-state index in [0.29, 0.717) is 40.1 Å². The minimum Gasteiger partial charge on any atom is -0.507 e. The first-order valence-corrected chi connectivity index (χ1v) is 12.3. The molecule has 1 saturated heterocycles. The van der Waals surface area contributed by atoms with Crippen LogP contribution in [-0.4, -0.2) is 35.6 Å². The zero-order valence-electron chi connectivity index (χ0n) is 20.4. The molecule has 1 heterocycles. The van der Waals surface area contributed by atoms with Crippen LogP contribution in [0.3, 0.4) is 0 Å². The number of fused-ring (bicyclic) bond motifs is 3. The summed E-state index contributed by atoms with van der Waals surface area (Å²) in [4.78, 5) is 55.1. The summed E-state index contributed by atoms with van der Waals surface area (Å²) in [5.74, 6) is -2.99. The molecule has 6 rings (SSSR count). The highest BCUT2D eigenvalue weighted by atomic mass is 16.5. The van der Waals surface area contributed by atoms with Crippen molar-refractivity contribution in [3.8, 4) is 11.5 Å². The Balaban J connectivity index is 1.51. The molecule has 1 fully saturated rings. The van der Waals surface area contributed by atoms with Gasteiger partial charge in [-0.05, 0) is 50.0 Å². The van der Waals surface area contributed by atoms with Crippen molar-refractivity contribution in [1.82, 2.24) is 0 Å². The number of carbonyl (C=O) groups is 4. The fourth-order valence-corrected chi connectivity index (χ4v) is 6.46. The van der Waals surface area contributed by atoms with E-state index in [1.54, 1.807) is 43.3 Å². The first-order valence-electron chi connectivity index (χ1n) is 12.3. The molecule has 186 valence electrons. The zero-order chi connectivity index (χ0) is 26.0. The molecule has 0 radical (unpaired) electrons. The second kappa shape index (κ2) is 8.40. The SMILES string of the molecule is COc1ccc(C2C3=CCC4C(=O)N(c5ccccc5)C(=O)C4C3CC3=C2C(=O)C=C(C)C3=O)c(O)c1. The number of ether oxygens (including phenoxy) is 1. The van der Waals surface area contributed by atoms with Crippen molar-refractivity contribution in [2.24, 2.45) is 17.8 Å². The van der Waals surface area contributed by atoms with Gasteiger partial charge in [-0.2, -0.15) is 0 Å². The summed E-state index contributed by atoms with van der Waals surface area (Å²) >= 11 is 0. The Hall–Kier alpha value is -4.26. The molecule has 7 heteroatoms. The summed E-state index contributed by atoms with van der Waals surface area (Å²) in [5.41, 5.74) is 2.84. The van der Waals surface area contributed by atoms with Gasteiger partial charge in [0.1, 0.15) is 11.5 Å². The molecule has 0 aromatic heterocycles. The second-order valence-electron chi connectivity index (χ2n) is 10.0. The zero-order valence-corrected chi connectivity index (χ0v) is 20.4. The molecule has 1 N–H and O–H groups in total. The Kier molecular flexibility index (Phi) is 5.26. The molecule has 4 unspecified atom stereocenters. The highest BCUT2D eigenvalue weighted by Gasteiger charge is 2.56. The summed E-state index contributed by atoms with van der Waals surface area (Å²) < 4.78 is 5.23. The van der Waals surface area contributed by atoms with Crippen LogP contribution in [0.2, 0.25) is 0 Å². The molecule has 0 spiro atoms. The third kappa shape index (κ3) is 3.34. The van der Waals surface area contributed by atoms with Crippen molar-refractivity contribution in [2.75, 3.05) is 12.0 Å². The highest BCUT2D eigenvalue weighted by Crippen LogP contribution is 2.56. The van der Waals surface area contributed by atoms with Gasteiger partial charge in [0.15, 0.2) is 11.6 Å². The van der Waals surface area contributed by atoms with Gasteiger partial charge < -0.3 is 9.84 Å². The number of phenols is 1. The fourth-order valence-electron chi connectivity index (χ4n) is 6.46. The predicted octanol–water partition coefficient (Wildman–Crippen LogP) is 4.03. The van der Waals surface area contributed by atoms with E-state index in [-0.39, 0.29) is 35.6 Å². The van der Waals surface area contributed by atoms with Gasteiger partial charge in [-0.3, -0.25) is 24.1 Å². The van der Waals surface area contributed by atoms with E-state index in [2.05, 4.69) is 0 Å². The maximum absolute atomic E-state index is 13.8. The molecular formula is C30H25NO6. The van der Waals surface area contributed by atoms with E-state index in [9.17, 15) is 24.3 Å². The first-order chi connectivity index (χ1) is 17.8. The molecule has 3 aliphatic carbocycles. The smallest absolute Gasteiger partial charge is 0.238 e. The maximum Gasteiger partial charge on any atom is 0.238 e. The Morgan fingerprint density at radius 3 is 2.43 bits per heavy atom. The van der Waals surface area contributed by atoms with Gasteiger partial charge in [0, 0.05) is 34.3 Å². The van der Waals surface area contributed by atoms with Gasteiger partial charge in [-0.25, -0.2) is 0 Å². The summed E-state index contributed by atoms with van der Waals surface area (Å²) in [5, 5.41) is 11.0. The molecule has 4 aliphatic rings. The number of aromatic hydroxyl groups is 1. The number of amides is 2. The van der Waals surface area contributed by atoms with E-state index in [1.165, 1.54) is 24.2 Å². The van der Waals surface area contributed by atoms with Gasteiger partial charge >= 0.3 is 0 Å². The van der Waals surface area contributed by atoms with Crippen LogP contribution in [-0.2, 0) is 19.2 Å². The number of phenolic OH excluding ortho intramolecular Hbond substituents is 1. The van der Waals surface area contributed by atoms with Crippen LogP contribution < -0.4 is 9.64 Å². The standard InChI is InChI=1S/C30H25NO6/c1-15-12-24(33)27-22(28(15)34)14-21-18(25(27)19-9-8-17(37-2)13-23(19)32)10-11-20-26(21)30(36)31(29(20)35)16-6-4-3-5-7-16/h3-10,12-13,20-21,25-26,32H,11,14H2,1-2H3. The molecule has 1 aliphatic heterocycles. The average Bonchev–Trinajstić information content (AvgIpc) is 3.16. The van der Waals surface area contributed by atoms with Gasteiger partial charge in [0.05, 0.1) is 24.6 Å². The molecule has 0 saturated carbocycles. The number of hydrogen-bond acceptors (Lipinski definition) is 6. The maximum atomic E-state index is 13.8. The number of allylic oxidation sites excluding steroid dienone is 6. The highest BCUT2D eigenvalue weighted by molar-refractivity contribution is 6.25. The third-order valence-electron chi connectivity index (χ3n) is 8.13. The van der Waals surface area contributed by atoms with E-state index in [1.807, 2.05) is 12.1 Å². The van der Waals surface area contributed by atoms with Crippen molar-refractivity contribution in [3.63, 3.8) is 0 Å². The van der Waals surface area contributed by atoms with Crippen molar-refractivity contribution in [2.45, 2.75) is 25.7 Å².